The highest BCUT2D eigenvalue weighted by Gasteiger charge is 2.28. The van der Waals surface area contributed by atoms with Crippen LogP contribution in [0.4, 0.5) is 0 Å². The Morgan fingerprint density at radius 2 is 1.44 bits per heavy atom. The average molecular weight is 615 g/mol. The van der Waals surface area contributed by atoms with Crippen LogP contribution in [0.25, 0.3) is 0 Å². The summed E-state index contributed by atoms with van der Waals surface area (Å²) in [4.78, 5) is 11.8. The van der Waals surface area contributed by atoms with Crippen LogP contribution in [0.5, 0.6) is 28.7 Å². The van der Waals surface area contributed by atoms with E-state index in [9.17, 15) is 9.90 Å². The molecule has 0 aromatic heterocycles. The fourth-order valence-corrected chi connectivity index (χ4v) is 5.22. The predicted molar refractivity (Wildman–Crippen MR) is 173 cm³/mol. The van der Waals surface area contributed by atoms with Crippen LogP contribution in [-0.4, -0.2) is 45.3 Å². The van der Waals surface area contributed by atoms with Crippen LogP contribution in [-0.2, 0) is 15.9 Å². The summed E-state index contributed by atoms with van der Waals surface area (Å²) in [5.74, 6) is 1.77. The maximum Gasteiger partial charge on any atom is 0.339 e. The smallest absolute Gasteiger partial charge is 0.339 e. The summed E-state index contributed by atoms with van der Waals surface area (Å²) in [5.41, 5.74) is 4.81. The van der Waals surface area contributed by atoms with Gasteiger partial charge >= 0.3 is 5.97 Å². The number of carbonyl (C=O) groups is 1. The molecule has 0 bridgehead atoms. The van der Waals surface area contributed by atoms with Crippen molar-refractivity contribution in [1.82, 2.24) is 0 Å². The quantitative estimate of drug-likeness (QED) is 0.126. The molecular weight excluding hydrogens is 572 g/mol. The second-order valence-corrected chi connectivity index (χ2v) is 10.8. The summed E-state index contributed by atoms with van der Waals surface area (Å²) >= 11 is 0. The van der Waals surface area contributed by atoms with Crippen LogP contribution in [0.15, 0.2) is 78.9 Å². The third kappa shape index (κ3) is 8.56. The molecule has 45 heavy (non-hydrogen) atoms. The molecule has 0 spiro atoms. The lowest BCUT2D eigenvalue weighted by molar-refractivity contribution is -0.110. The SMILES string of the molecule is COCO[C@H](c1cc(OC)c(C)c(OC)c1)[C@H](CCCc1ccccc1)Oc1ccc(Oc2c(C(=O)O)ccc(C)c2C)cc1. The van der Waals surface area contributed by atoms with Gasteiger partial charge in [0, 0.05) is 12.7 Å². The normalized spacial score (nSPS) is 12.3. The van der Waals surface area contributed by atoms with Gasteiger partial charge in [0.1, 0.15) is 53.3 Å². The second kappa shape index (κ2) is 16.0. The molecule has 4 aromatic carbocycles. The van der Waals surface area contributed by atoms with Crippen LogP contribution in [0, 0.1) is 20.8 Å². The Balaban J connectivity index is 1.64. The van der Waals surface area contributed by atoms with Crippen molar-refractivity contribution in [2.75, 3.05) is 28.1 Å². The van der Waals surface area contributed by atoms with Crippen LogP contribution in [0.3, 0.4) is 0 Å². The van der Waals surface area contributed by atoms with Gasteiger partial charge in [-0.15, -0.1) is 0 Å². The lowest BCUT2D eigenvalue weighted by Gasteiger charge is -2.29. The van der Waals surface area contributed by atoms with Crippen molar-refractivity contribution in [3.63, 3.8) is 0 Å². The van der Waals surface area contributed by atoms with E-state index >= 15 is 0 Å². The van der Waals surface area contributed by atoms with Gasteiger partial charge in [-0.3, -0.25) is 0 Å². The van der Waals surface area contributed by atoms with E-state index in [-0.39, 0.29) is 12.4 Å². The highest BCUT2D eigenvalue weighted by molar-refractivity contribution is 5.91. The molecule has 0 saturated carbocycles. The van der Waals surface area contributed by atoms with E-state index in [0.717, 1.165) is 35.1 Å². The van der Waals surface area contributed by atoms with Gasteiger partial charge in [-0.2, -0.15) is 0 Å². The molecule has 0 aliphatic rings. The topological polar surface area (TPSA) is 92.7 Å². The van der Waals surface area contributed by atoms with Gasteiger partial charge in [-0.05, 0) is 105 Å². The van der Waals surface area contributed by atoms with Gasteiger partial charge in [0.25, 0.3) is 0 Å². The van der Waals surface area contributed by atoms with Crippen molar-refractivity contribution in [1.29, 1.82) is 0 Å². The Hall–Kier alpha value is -4.53. The monoisotopic (exact) mass is 614 g/mol. The number of methoxy groups -OCH3 is 3. The van der Waals surface area contributed by atoms with Crippen molar-refractivity contribution in [2.24, 2.45) is 0 Å². The van der Waals surface area contributed by atoms with E-state index in [0.29, 0.717) is 35.2 Å². The van der Waals surface area contributed by atoms with Gasteiger partial charge < -0.3 is 33.5 Å². The zero-order valence-electron chi connectivity index (χ0n) is 26.8. The van der Waals surface area contributed by atoms with E-state index < -0.39 is 18.2 Å². The number of hydrogen-bond acceptors (Lipinski definition) is 7. The molecule has 0 amide bonds. The van der Waals surface area contributed by atoms with Crippen LogP contribution in [0.2, 0.25) is 0 Å². The van der Waals surface area contributed by atoms with Crippen LogP contribution < -0.4 is 18.9 Å². The Morgan fingerprint density at radius 1 is 0.800 bits per heavy atom. The fraction of sp³-hybridized carbons (Fsp3) is 0.324. The molecule has 0 aliphatic heterocycles. The first-order valence-corrected chi connectivity index (χ1v) is 14.9. The van der Waals surface area contributed by atoms with Gasteiger partial charge in [0.15, 0.2) is 0 Å². The molecule has 2 atom stereocenters. The minimum atomic E-state index is -1.04. The van der Waals surface area contributed by atoms with Gasteiger partial charge in [0.05, 0.1) is 14.2 Å². The highest BCUT2D eigenvalue weighted by Crippen LogP contribution is 2.37. The summed E-state index contributed by atoms with van der Waals surface area (Å²) in [6, 6.07) is 24.7. The molecule has 0 saturated heterocycles. The van der Waals surface area contributed by atoms with Crippen molar-refractivity contribution in [2.45, 2.75) is 52.2 Å². The second-order valence-electron chi connectivity index (χ2n) is 10.8. The van der Waals surface area contributed by atoms with Crippen molar-refractivity contribution in [3.8, 4) is 28.7 Å². The zero-order valence-corrected chi connectivity index (χ0v) is 26.8. The number of hydrogen-bond donors (Lipinski definition) is 1. The van der Waals surface area contributed by atoms with E-state index in [1.807, 2.05) is 63.2 Å². The molecule has 8 heteroatoms. The number of benzene rings is 4. The minimum Gasteiger partial charge on any atom is -0.496 e. The van der Waals surface area contributed by atoms with Crippen molar-refractivity contribution < 1.29 is 38.3 Å². The van der Waals surface area contributed by atoms with Gasteiger partial charge in [-0.25, -0.2) is 4.79 Å². The van der Waals surface area contributed by atoms with Crippen LogP contribution >= 0.6 is 0 Å². The van der Waals surface area contributed by atoms with Gasteiger partial charge in [-0.1, -0.05) is 36.4 Å². The Labute approximate surface area is 265 Å². The number of carboxylic acid groups (broad SMARTS) is 1. The molecule has 0 unspecified atom stereocenters. The number of aromatic carboxylic acids is 1. The third-order valence-electron chi connectivity index (χ3n) is 7.84. The molecule has 0 fully saturated rings. The molecule has 0 heterocycles. The van der Waals surface area contributed by atoms with E-state index in [4.69, 9.17) is 28.4 Å². The molecule has 4 rings (SSSR count). The lowest BCUT2D eigenvalue weighted by Crippen LogP contribution is -2.28. The largest absolute Gasteiger partial charge is 0.496 e. The number of aryl methyl sites for hydroxylation is 2. The van der Waals surface area contributed by atoms with Crippen LogP contribution in [0.1, 0.15) is 57.1 Å². The first kappa shape index (κ1) is 33.4. The molecule has 4 aromatic rings. The molecule has 0 aliphatic carbocycles. The molecular formula is C37H42O8. The minimum absolute atomic E-state index is 0.0657. The maximum absolute atomic E-state index is 11.8. The first-order valence-electron chi connectivity index (χ1n) is 14.9. The number of rotatable bonds is 16. The third-order valence-corrected chi connectivity index (χ3v) is 7.84. The zero-order chi connectivity index (χ0) is 32.3. The average Bonchev–Trinajstić information content (AvgIpc) is 3.05. The van der Waals surface area contributed by atoms with Crippen molar-refractivity contribution >= 4 is 5.97 Å². The first-order chi connectivity index (χ1) is 21.7. The summed E-state index contributed by atoms with van der Waals surface area (Å²) in [6.45, 7) is 5.78. The standard InChI is InChI=1S/C37H42O8/c1-24-15-20-31(37(38)39)35(25(24)2)45-30-18-16-29(17-19-30)44-32(14-10-13-27-11-8-7-9-12-27)36(43-23-40-4)28-21-33(41-5)26(3)34(22-28)42-6/h7-9,11-12,15-22,32,36H,10,13-14,23H2,1-6H3,(H,38,39)/t32-,36+/m0/s1. The Bertz CT molecular complexity index is 1520. The van der Waals surface area contributed by atoms with E-state index in [1.165, 1.54) is 5.56 Å². The highest BCUT2D eigenvalue weighted by atomic mass is 16.7. The maximum atomic E-state index is 11.8. The van der Waals surface area contributed by atoms with E-state index in [1.54, 1.807) is 45.6 Å². The summed E-state index contributed by atoms with van der Waals surface area (Å²) in [7, 11) is 4.85. The Kier molecular flexibility index (Phi) is 11.8. The van der Waals surface area contributed by atoms with E-state index in [2.05, 4.69) is 12.1 Å². The number of carboxylic acids is 1. The summed E-state index contributed by atoms with van der Waals surface area (Å²) in [5, 5.41) is 9.70. The predicted octanol–water partition coefficient (Wildman–Crippen LogP) is 8.25. The lowest BCUT2D eigenvalue weighted by atomic mass is 9.96. The Morgan fingerprint density at radius 3 is 2.04 bits per heavy atom. The van der Waals surface area contributed by atoms with Gasteiger partial charge in [0.2, 0.25) is 0 Å². The fourth-order valence-electron chi connectivity index (χ4n) is 5.22. The summed E-state index contributed by atoms with van der Waals surface area (Å²) in [6.07, 6.45) is 1.52. The summed E-state index contributed by atoms with van der Waals surface area (Å²) < 4.78 is 35.6. The molecule has 1 N–H and O–H groups in total. The van der Waals surface area contributed by atoms with Crippen molar-refractivity contribution in [3.05, 3.63) is 112 Å². The molecule has 8 nitrogen and oxygen atoms in total. The molecule has 0 radical (unpaired) electrons. The number of ether oxygens (including phenoxy) is 6. The molecule has 238 valence electrons.